The maximum absolute atomic E-state index is 14.3. The molecule has 2 aromatic rings. The molecule has 0 unspecified atom stereocenters. The second-order valence-corrected chi connectivity index (χ2v) is 9.37. The number of fused-ring (bicyclic) bond motifs is 1. The van der Waals surface area contributed by atoms with Crippen LogP contribution in [-0.2, 0) is 19.7 Å². The van der Waals surface area contributed by atoms with Crippen LogP contribution >= 0.6 is 0 Å². The van der Waals surface area contributed by atoms with E-state index in [4.69, 9.17) is 4.74 Å². The molecule has 2 aromatic carbocycles. The first kappa shape index (κ1) is 22.0. The molecule has 4 nitrogen and oxygen atoms in total. The van der Waals surface area contributed by atoms with Crippen LogP contribution in [0.2, 0.25) is 0 Å². The highest BCUT2D eigenvalue weighted by molar-refractivity contribution is 6.14. The fraction of sp³-hybridized carbons (Fsp3) is 0.286. The topological polar surface area (TPSA) is 63.6 Å². The molecule has 4 heteroatoms. The van der Waals surface area contributed by atoms with Gasteiger partial charge in [-0.3, -0.25) is 9.59 Å². The van der Waals surface area contributed by atoms with Gasteiger partial charge in [0.2, 0.25) is 0 Å². The molecular weight excluding hydrogens is 400 g/mol. The minimum absolute atomic E-state index is 0.112. The van der Waals surface area contributed by atoms with Crippen molar-refractivity contribution >= 4 is 11.8 Å². The number of esters is 1. The molecule has 4 rings (SSSR count). The van der Waals surface area contributed by atoms with E-state index in [9.17, 15) is 14.7 Å². The monoisotopic (exact) mass is 428 g/mol. The predicted molar refractivity (Wildman–Crippen MR) is 124 cm³/mol. The third-order valence-corrected chi connectivity index (χ3v) is 6.20. The standard InChI is InChI=1S/C28H28O4/c1-27(2,3)26(31)32-23-16-10-11-19(18-29)22-17-28(25(30)24(22)23,20-12-6-4-7-13-20)21-14-8-5-9-15-21/h4-10,12-16,29H,11,17-18H2,1-3H3. The fourth-order valence-electron chi connectivity index (χ4n) is 4.44. The summed E-state index contributed by atoms with van der Waals surface area (Å²) in [5, 5.41) is 10.1. The summed E-state index contributed by atoms with van der Waals surface area (Å²) >= 11 is 0. The molecule has 1 fully saturated rings. The lowest BCUT2D eigenvalue weighted by molar-refractivity contribution is -0.148. The Labute approximate surface area is 188 Å². The van der Waals surface area contributed by atoms with Crippen molar-refractivity contribution in [2.75, 3.05) is 6.61 Å². The third-order valence-electron chi connectivity index (χ3n) is 6.20. The largest absolute Gasteiger partial charge is 0.425 e. The minimum Gasteiger partial charge on any atom is -0.425 e. The van der Waals surface area contributed by atoms with Gasteiger partial charge in [0.15, 0.2) is 5.78 Å². The van der Waals surface area contributed by atoms with E-state index < -0.39 is 16.8 Å². The summed E-state index contributed by atoms with van der Waals surface area (Å²) in [5.74, 6) is -0.248. The summed E-state index contributed by atoms with van der Waals surface area (Å²) in [6, 6.07) is 19.4. The number of aliphatic hydroxyl groups is 1. The lowest BCUT2D eigenvalue weighted by Crippen LogP contribution is -2.33. The van der Waals surface area contributed by atoms with Crippen molar-refractivity contribution < 1.29 is 19.4 Å². The van der Waals surface area contributed by atoms with E-state index in [0.717, 1.165) is 22.3 Å². The van der Waals surface area contributed by atoms with Gasteiger partial charge < -0.3 is 9.84 Å². The second-order valence-electron chi connectivity index (χ2n) is 9.37. The quantitative estimate of drug-likeness (QED) is 0.693. The van der Waals surface area contributed by atoms with E-state index in [-0.39, 0.29) is 18.1 Å². The first-order valence-corrected chi connectivity index (χ1v) is 10.9. The summed E-state index contributed by atoms with van der Waals surface area (Å²) in [5.41, 5.74) is 2.05. The average Bonchev–Trinajstić information content (AvgIpc) is 2.99. The Morgan fingerprint density at radius 3 is 2.06 bits per heavy atom. The van der Waals surface area contributed by atoms with Crippen molar-refractivity contribution in [3.8, 4) is 0 Å². The molecule has 1 saturated carbocycles. The number of ether oxygens (including phenoxy) is 1. The average molecular weight is 429 g/mol. The number of ketones is 1. The van der Waals surface area contributed by atoms with Gasteiger partial charge in [0, 0.05) is 0 Å². The number of hydrogen-bond acceptors (Lipinski definition) is 4. The van der Waals surface area contributed by atoms with Gasteiger partial charge >= 0.3 is 5.97 Å². The van der Waals surface area contributed by atoms with Crippen molar-refractivity contribution in [2.24, 2.45) is 5.41 Å². The van der Waals surface area contributed by atoms with Crippen LogP contribution in [0.15, 0.2) is 95.3 Å². The van der Waals surface area contributed by atoms with Crippen LogP contribution in [0.1, 0.15) is 44.7 Å². The molecule has 2 aliphatic carbocycles. The maximum Gasteiger partial charge on any atom is 0.316 e. The molecule has 0 bridgehead atoms. The van der Waals surface area contributed by atoms with Gasteiger partial charge in [0.1, 0.15) is 5.76 Å². The van der Waals surface area contributed by atoms with E-state index in [2.05, 4.69) is 0 Å². The Hall–Kier alpha value is -3.24. The Kier molecular flexibility index (Phi) is 5.74. The molecule has 1 N–H and O–H groups in total. The van der Waals surface area contributed by atoms with E-state index >= 15 is 0 Å². The predicted octanol–water partition coefficient (Wildman–Crippen LogP) is 5.04. The van der Waals surface area contributed by atoms with E-state index in [1.165, 1.54) is 0 Å². The Balaban J connectivity index is 1.98. The van der Waals surface area contributed by atoms with Crippen LogP contribution in [0.4, 0.5) is 0 Å². The van der Waals surface area contributed by atoms with Crippen LogP contribution in [0.5, 0.6) is 0 Å². The van der Waals surface area contributed by atoms with Crippen molar-refractivity contribution in [1.29, 1.82) is 0 Å². The maximum atomic E-state index is 14.3. The van der Waals surface area contributed by atoms with Gasteiger partial charge in [-0.05, 0) is 62.0 Å². The molecule has 0 spiro atoms. The lowest BCUT2D eigenvalue weighted by atomic mass is 9.72. The number of Topliss-reactive ketones (excluding diaryl/α,β-unsaturated/α-hetero) is 1. The minimum atomic E-state index is -0.946. The summed E-state index contributed by atoms with van der Waals surface area (Å²) in [7, 11) is 0. The Bertz CT molecular complexity index is 1090. The molecule has 2 aliphatic rings. The Morgan fingerprint density at radius 2 is 1.56 bits per heavy atom. The molecule has 0 heterocycles. The molecule has 164 valence electrons. The summed E-state index contributed by atoms with van der Waals surface area (Å²) in [6.45, 7) is 5.19. The zero-order valence-electron chi connectivity index (χ0n) is 18.7. The first-order chi connectivity index (χ1) is 15.3. The van der Waals surface area contributed by atoms with E-state index in [0.29, 0.717) is 18.4 Å². The normalized spacial score (nSPS) is 17.9. The van der Waals surface area contributed by atoms with Crippen molar-refractivity contribution in [2.45, 2.75) is 39.0 Å². The highest BCUT2D eigenvalue weighted by atomic mass is 16.5. The first-order valence-electron chi connectivity index (χ1n) is 10.9. The van der Waals surface area contributed by atoms with Gasteiger partial charge in [-0.1, -0.05) is 66.7 Å². The van der Waals surface area contributed by atoms with E-state index in [1.54, 1.807) is 26.8 Å². The number of rotatable bonds is 4. The van der Waals surface area contributed by atoms with E-state index in [1.807, 2.05) is 66.7 Å². The second kappa shape index (κ2) is 8.36. The number of benzene rings is 2. The van der Waals surface area contributed by atoms with Gasteiger partial charge in [0.05, 0.1) is 23.0 Å². The van der Waals surface area contributed by atoms with Crippen molar-refractivity contribution in [1.82, 2.24) is 0 Å². The van der Waals surface area contributed by atoms with Crippen LogP contribution < -0.4 is 0 Å². The van der Waals surface area contributed by atoms with Crippen LogP contribution in [0.3, 0.4) is 0 Å². The number of hydrogen-bond donors (Lipinski definition) is 1. The van der Waals surface area contributed by atoms with Crippen molar-refractivity contribution in [3.05, 3.63) is 106 Å². The molecule has 0 saturated heterocycles. The van der Waals surface area contributed by atoms with Crippen LogP contribution in [0.25, 0.3) is 0 Å². The van der Waals surface area contributed by atoms with Gasteiger partial charge in [0.25, 0.3) is 0 Å². The molecule has 0 atom stereocenters. The summed E-state index contributed by atoms with van der Waals surface area (Å²) in [4.78, 5) is 27.0. The Morgan fingerprint density at radius 1 is 1.00 bits per heavy atom. The number of aliphatic hydroxyl groups excluding tert-OH is 1. The smallest absolute Gasteiger partial charge is 0.316 e. The molecule has 0 aromatic heterocycles. The number of carbonyl (C=O) groups is 2. The number of allylic oxidation sites excluding steroid dienone is 4. The summed E-state index contributed by atoms with van der Waals surface area (Å²) in [6.07, 6.45) is 4.45. The number of carbonyl (C=O) groups excluding carboxylic acids is 2. The molecule has 0 radical (unpaired) electrons. The van der Waals surface area contributed by atoms with Crippen molar-refractivity contribution in [3.63, 3.8) is 0 Å². The molecular formula is C28H28O4. The highest BCUT2D eigenvalue weighted by Crippen LogP contribution is 2.51. The fourth-order valence-corrected chi connectivity index (χ4v) is 4.44. The zero-order chi connectivity index (χ0) is 22.9. The van der Waals surface area contributed by atoms with Gasteiger partial charge in [-0.2, -0.15) is 0 Å². The zero-order valence-corrected chi connectivity index (χ0v) is 18.7. The molecule has 0 amide bonds. The molecule has 0 aliphatic heterocycles. The van der Waals surface area contributed by atoms with Gasteiger partial charge in [-0.25, -0.2) is 0 Å². The summed E-state index contributed by atoms with van der Waals surface area (Å²) < 4.78 is 5.80. The highest BCUT2D eigenvalue weighted by Gasteiger charge is 2.52. The van der Waals surface area contributed by atoms with Crippen LogP contribution in [0, 0.1) is 5.41 Å². The van der Waals surface area contributed by atoms with Crippen LogP contribution in [-0.4, -0.2) is 23.5 Å². The molecule has 32 heavy (non-hydrogen) atoms. The third kappa shape index (κ3) is 3.65. The van der Waals surface area contributed by atoms with Gasteiger partial charge in [-0.15, -0.1) is 0 Å². The lowest BCUT2D eigenvalue weighted by Gasteiger charge is -2.28. The SMILES string of the molecule is CC(C)(C)C(=O)OC1=C2C(=O)C(c3ccccc3)(c3ccccc3)CC2=C(CO)CC=C1.